The maximum absolute atomic E-state index is 6.78. The number of hydrogen-bond donors (Lipinski definition) is 1. The van der Waals surface area contributed by atoms with Gasteiger partial charge in [0.25, 0.3) is 0 Å². The predicted molar refractivity (Wildman–Crippen MR) is 119 cm³/mol. The molecule has 152 valence electrons. The number of nitrogens with zero attached hydrogens (tertiary/aromatic N) is 3. The third kappa shape index (κ3) is 3.49. The van der Waals surface area contributed by atoms with E-state index in [0.717, 1.165) is 65.4 Å². The number of ether oxygens (including phenoxy) is 2. The highest BCUT2D eigenvalue weighted by molar-refractivity contribution is 6.38. The van der Waals surface area contributed by atoms with Gasteiger partial charge in [-0.15, -0.1) is 0 Å². The Morgan fingerprint density at radius 2 is 1.90 bits per heavy atom. The lowest BCUT2D eigenvalue weighted by molar-refractivity contribution is 0.122. The zero-order valence-electron chi connectivity index (χ0n) is 16.6. The number of aromatic amines is 1. The van der Waals surface area contributed by atoms with E-state index in [-0.39, 0.29) is 0 Å². The molecule has 1 aliphatic rings. The molecule has 0 unspecified atom stereocenters. The highest BCUT2D eigenvalue weighted by Crippen LogP contribution is 2.37. The van der Waals surface area contributed by atoms with Crippen LogP contribution in [0.2, 0.25) is 5.02 Å². The summed E-state index contributed by atoms with van der Waals surface area (Å²) < 4.78 is 10.7. The van der Waals surface area contributed by atoms with Crippen molar-refractivity contribution in [3.05, 3.63) is 60.0 Å². The van der Waals surface area contributed by atoms with E-state index in [4.69, 9.17) is 21.1 Å². The van der Waals surface area contributed by atoms with Crippen LogP contribution in [-0.4, -0.2) is 48.4 Å². The number of nitrogens with one attached hydrogen (secondary N) is 1. The predicted octanol–water partition coefficient (Wildman–Crippen LogP) is 4.79. The number of rotatable bonds is 4. The second-order valence-electron chi connectivity index (χ2n) is 7.19. The first-order valence-corrected chi connectivity index (χ1v) is 10.2. The molecule has 4 aromatic rings. The molecule has 1 fully saturated rings. The van der Waals surface area contributed by atoms with Gasteiger partial charge in [0.1, 0.15) is 11.6 Å². The van der Waals surface area contributed by atoms with Gasteiger partial charge < -0.3 is 19.4 Å². The Balaban J connectivity index is 1.48. The lowest BCUT2D eigenvalue weighted by Crippen LogP contribution is -2.36. The molecule has 0 amide bonds. The SMILES string of the molecule is COc1cncc(-c2ccc3[nH]c(-c4ccc(N5CCOCC5)nc4)cc3c2Cl)c1. The van der Waals surface area contributed by atoms with Crippen molar-refractivity contribution in [3.8, 4) is 28.1 Å². The number of anilines is 1. The number of aromatic nitrogens is 3. The molecule has 0 radical (unpaired) electrons. The summed E-state index contributed by atoms with van der Waals surface area (Å²) in [6, 6.07) is 12.2. The van der Waals surface area contributed by atoms with Crippen LogP contribution in [0, 0.1) is 0 Å². The standard InChI is InChI=1S/C23H21ClN4O2/c1-29-17-10-16(12-25-14-17)18-3-4-20-19(23(18)24)11-21(27-20)15-2-5-22(26-13-15)28-6-8-30-9-7-28/h2-5,10-14,27H,6-9H2,1H3. The lowest BCUT2D eigenvalue weighted by atomic mass is 10.1. The Labute approximate surface area is 179 Å². The Bertz CT molecular complexity index is 1180. The molecule has 1 aliphatic heterocycles. The fraction of sp³-hybridized carbons (Fsp3) is 0.217. The van der Waals surface area contributed by atoms with Crippen molar-refractivity contribution in [2.45, 2.75) is 0 Å². The number of fused-ring (bicyclic) bond motifs is 1. The number of halogens is 1. The second kappa shape index (κ2) is 7.97. The molecule has 0 spiro atoms. The molecule has 3 aromatic heterocycles. The molecule has 7 heteroatoms. The van der Waals surface area contributed by atoms with Crippen molar-refractivity contribution in [3.63, 3.8) is 0 Å². The van der Waals surface area contributed by atoms with Crippen LogP contribution in [0.25, 0.3) is 33.3 Å². The van der Waals surface area contributed by atoms with Crippen LogP contribution in [0.5, 0.6) is 5.75 Å². The average Bonchev–Trinajstić information content (AvgIpc) is 3.25. The van der Waals surface area contributed by atoms with E-state index < -0.39 is 0 Å². The highest BCUT2D eigenvalue weighted by atomic mass is 35.5. The average molecular weight is 421 g/mol. The largest absolute Gasteiger partial charge is 0.495 e. The van der Waals surface area contributed by atoms with Gasteiger partial charge in [-0.3, -0.25) is 4.98 Å². The number of H-pyrrole nitrogens is 1. The summed E-state index contributed by atoms with van der Waals surface area (Å²) in [5, 5.41) is 1.65. The fourth-order valence-corrected chi connectivity index (χ4v) is 4.08. The molecule has 1 saturated heterocycles. The molecule has 1 aromatic carbocycles. The van der Waals surface area contributed by atoms with Crippen molar-refractivity contribution in [2.75, 3.05) is 38.3 Å². The van der Waals surface area contributed by atoms with Crippen LogP contribution in [0.3, 0.4) is 0 Å². The summed E-state index contributed by atoms with van der Waals surface area (Å²) in [5.74, 6) is 1.67. The molecule has 0 aliphatic carbocycles. The van der Waals surface area contributed by atoms with Crippen LogP contribution in [0.15, 0.2) is 55.0 Å². The maximum atomic E-state index is 6.78. The van der Waals surface area contributed by atoms with Gasteiger partial charge in [-0.05, 0) is 30.3 Å². The summed E-state index contributed by atoms with van der Waals surface area (Å²) >= 11 is 6.78. The van der Waals surface area contributed by atoms with E-state index in [2.05, 4.69) is 38.1 Å². The number of methoxy groups -OCH3 is 1. The van der Waals surface area contributed by atoms with Crippen LogP contribution >= 0.6 is 11.6 Å². The summed E-state index contributed by atoms with van der Waals surface area (Å²) in [5.41, 5.74) is 4.81. The molecule has 0 bridgehead atoms. The Morgan fingerprint density at radius 1 is 1.03 bits per heavy atom. The Kier molecular flexibility index (Phi) is 5.02. The quantitative estimate of drug-likeness (QED) is 0.514. The molecule has 1 N–H and O–H groups in total. The first-order chi connectivity index (χ1) is 14.7. The number of morpholine rings is 1. The van der Waals surface area contributed by atoms with Crippen LogP contribution in [0.4, 0.5) is 5.82 Å². The van der Waals surface area contributed by atoms with Crippen molar-refractivity contribution in [1.29, 1.82) is 0 Å². The number of hydrogen-bond acceptors (Lipinski definition) is 5. The molecule has 4 heterocycles. The van der Waals surface area contributed by atoms with Crippen molar-refractivity contribution in [1.82, 2.24) is 15.0 Å². The van der Waals surface area contributed by atoms with Gasteiger partial charge in [-0.25, -0.2) is 4.98 Å². The molecule has 6 nitrogen and oxygen atoms in total. The van der Waals surface area contributed by atoms with E-state index in [0.29, 0.717) is 10.8 Å². The molecular weight excluding hydrogens is 400 g/mol. The van der Waals surface area contributed by atoms with Gasteiger partial charge in [-0.2, -0.15) is 0 Å². The second-order valence-corrected chi connectivity index (χ2v) is 7.57. The Hall–Kier alpha value is -3.09. The Morgan fingerprint density at radius 3 is 2.67 bits per heavy atom. The van der Waals surface area contributed by atoms with E-state index in [1.807, 2.05) is 24.4 Å². The van der Waals surface area contributed by atoms with Crippen molar-refractivity contribution in [2.24, 2.45) is 0 Å². The first-order valence-electron chi connectivity index (χ1n) is 9.83. The number of benzene rings is 1. The van der Waals surface area contributed by atoms with Gasteiger partial charge in [0.15, 0.2) is 0 Å². The van der Waals surface area contributed by atoms with Crippen LogP contribution < -0.4 is 9.64 Å². The fourth-order valence-electron chi connectivity index (χ4n) is 3.75. The van der Waals surface area contributed by atoms with Crippen molar-refractivity contribution < 1.29 is 9.47 Å². The normalized spacial score (nSPS) is 14.3. The zero-order chi connectivity index (χ0) is 20.5. The minimum Gasteiger partial charge on any atom is -0.495 e. The summed E-state index contributed by atoms with van der Waals surface area (Å²) in [4.78, 5) is 14.6. The third-order valence-corrected chi connectivity index (χ3v) is 5.80. The minimum absolute atomic E-state index is 0.683. The number of pyridine rings is 2. The van der Waals surface area contributed by atoms with E-state index in [1.54, 1.807) is 19.5 Å². The van der Waals surface area contributed by atoms with Crippen molar-refractivity contribution >= 4 is 28.3 Å². The van der Waals surface area contributed by atoms with Crippen LogP contribution in [-0.2, 0) is 4.74 Å². The summed E-state index contributed by atoms with van der Waals surface area (Å²) in [6.07, 6.45) is 5.37. The topological polar surface area (TPSA) is 63.3 Å². The summed E-state index contributed by atoms with van der Waals surface area (Å²) in [7, 11) is 1.63. The first kappa shape index (κ1) is 18.9. The molecule has 5 rings (SSSR count). The third-order valence-electron chi connectivity index (χ3n) is 5.39. The van der Waals surface area contributed by atoms with Gasteiger partial charge in [0.05, 0.1) is 31.5 Å². The smallest absolute Gasteiger partial charge is 0.137 e. The van der Waals surface area contributed by atoms with Gasteiger partial charge >= 0.3 is 0 Å². The highest BCUT2D eigenvalue weighted by Gasteiger charge is 2.14. The lowest BCUT2D eigenvalue weighted by Gasteiger charge is -2.27. The summed E-state index contributed by atoms with van der Waals surface area (Å²) in [6.45, 7) is 3.23. The van der Waals surface area contributed by atoms with E-state index in [1.165, 1.54) is 0 Å². The molecule has 0 saturated carbocycles. The molecular formula is C23H21ClN4O2. The minimum atomic E-state index is 0.683. The molecule has 30 heavy (non-hydrogen) atoms. The maximum Gasteiger partial charge on any atom is 0.137 e. The zero-order valence-corrected chi connectivity index (χ0v) is 17.3. The van der Waals surface area contributed by atoms with Gasteiger partial charge in [-0.1, -0.05) is 17.7 Å². The van der Waals surface area contributed by atoms with E-state index in [9.17, 15) is 0 Å². The van der Waals surface area contributed by atoms with Gasteiger partial charge in [0.2, 0.25) is 0 Å². The monoisotopic (exact) mass is 420 g/mol. The van der Waals surface area contributed by atoms with Crippen LogP contribution in [0.1, 0.15) is 0 Å². The van der Waals surface area contributed by atoms with Gasteiger partial charge in [0, 0.05) is 58.8 Å². The molecule has 0 atom stereocenters. The van der Waals surface area contributed by atoms with E-state index >= 15 is 0 Å².